The van der Waals surface area contributed by atoms with Crippen molar-refractivity contribution in [1.29, 1.82) is 0 Å². The number of pyridine rings is 1. The molecule has 1 saturated heterocycles. The quantitative estimate of drug-likeness (QED) is 0.344. The summed E-state index contributed by atoms with van der Waals surface area (Å²) in [5, 5.41) is 20.0. The number of likely N-dealkylation sites (N-methyl/N-ethyl adjacent to an activating group) is 1. The molecule has 0 bridgehead atoms. The van der Waals surface area contributed by atoms with E-state index in [0.717, 1.165) is 5.56 Å². The first-order valence-corrected chi connectivity index (χ1v) is 13.1. The zero-order valence-electron chi connectivity index (χ0n) is 23.4. The summed E-state index contributed by atoms with van der Waals surface area (Å²) >= 11 is 0. The van der Waals surface area contributed by atoms with Gasteiger partial charge in [-0.3, -0.25) is 4.79 Å². The molecule has 2 heterocycles. The molecule has 0 radical (unpaired) electrons. The van der Waals surface area contributed by atoms with Gasteiger partial charge in [0.1, 0.15) is 5.82 Å². The highest BCUT2D eigenvalue weighted by molar-refractivity contribution is 6.03. The molecule has 4 rings (SSSR count). The maximum Gasteiger partial charge on any atom is 0.416 e. The van der Waals surface area contributed by atoms with E-state index in [0.29, 0.717) is 35.5 Å². The van der Waals surface area contributed by atoms with Gasteiger partial charge in [0.25, 0.3) is 0 Å². The molecule has 12 heteroatoms. The van der Waals surface area contributed by atoms with Crippen molar-refractivity contribution < 1.29 is 41.4 Å². The number of hydrogen-bond donors (Lipinski definition) is 2. The number of anilines is 2. The molecular formula is C30H31F6N3O3. The van der Waals surface area contributed by atoms with Crippen LogP contribution in [-0.4, -0.2) is 53.4 Å². The molecule has 1 amide bonds. The molecule has 1 aliphatic rings. The average Bonchev–Trinajstić information content (AvgIpc) is 3.31. The lowest BCUT2D eigenvalue weighted by molar-refractivity contribution is -0.143. The second-order valence-electron chi connectivity index (χ2n) is 11.0. The van der Waals surface area contributed by atoms with Gasteiger partial charge in [0.2, 0.25) is 5.91 Å². The van der Waals surface area contributed by atoms with E-state index in [1.165, 1.54) is 32.0 Å². The van der Waals surface area contributed by atoms with Gasteiger partial charge in [-0.05, 0) is 68.1 Å². The van der Waals surface area contributed by atoms with Gasteiger partial charge in [0.15, 0.2) is 0 Å². The highest BCUT2D eigenvalue weighted by atomic mass is 19.4. The van der Waals surface area contributed by atoms with Gasteiger partial charge < -0.3 is 20.0 Å². The molecule has 1 aliphatic heterocycles. The summed E-state index contributed by atoms with van der Waals surface area (Å²) in [7, 11) is 1.39. The van der Waals surface area contributed by atoms with Crippen molar-refractivity contribution in [3.63, 3.8) is 0 Å². The van der Waals surface area contributed by atoms with E-state index in [4.69, 9.17) is 0 Å². The molecule has 226 valence electrons. The number of nitrogens with zero attached hydrogens (tertiary/aromatic N) is 3. The number of aliphatic hydroxyl groups excluding tert-OH is 2. The van der Waals surface area contributed by atoms with E-state index >= 15 is 0 Å². The number of halogens is 6. The van der Waals surface area contributed by atoms with E-state index in [1.807, 2.05) is 25.1 Å². The van der Waals surface area contributed by atoms with Crippen LogP contribution in [0, 0.1) is 6.92 Å². The van der Waals surface area contributed by atoms with Crippen molar-refractivity contribution in [2.75, 3.05) is 30.0 Å². The van der Waals surface area contributed by atoms with Gasteiger partial charge in [0.05, 0.1) is 47.2 Å². The molecule has 2 N–H and O–H groups in total. The third-order valence-corrected chi connectivity index (χ3v) is 7.71. The SMILES string of the molecule is Cc1ccccc1-c1cc(N2CC(O)CC2CO)ncc1N(C)C(=O)C(C)(C)c1cc(C(F)(F)F)cc(C(F)(F)F)c1. The fraction of sp³-hybridized carbons (Fsp3) is 0.400. The van der Waals surface area contributed by atoms with Crippen molar-refractivity contribution in [3.05, 3.63) is 77.0 Å². The second kappa shape index (κ2) is 11.2. The zero-order valence-corrected chi connectivity index (χ0v) is 23.4. The number of aryl methyl sites for hydroxylation is 1. The molecule has 2 unspecified atom stereocenters. The van der Waals surface area contributed by atoms with E-state index in [-0.39, 0.29) is 30.9 Å². The van der Waals surface area contributed by atoms with Crippen LogP contribution in [0.25, 0.3) is 11.1 Å². The Labute approximate surface area is 239 Å². The van der Waals surface area contributed by atoms with Crippen LogP contribution < -0.4 is 9.80 Å². The van der Waals surface area contributed by atoms with Crippen LogP contribution in [0.15, 0.2) is 54.7 Å². The van der Waals surface area contributed by atoms with Crippen LogP contribution in [0.2, 0.25) is 0 Å². The summed E-state index contributed by atoms with van der Waals surface area (Å²) in [5.74, 6) is -0.329. The number of amides is 1. The molecule has 1 aromatic heterocycles. The first kappa shape index (κ1) is 31.3. The Kier molecular flexibility index (Phi) is 8.36. The first-order chi connectivity index (χ1) is 19.4. The average molecular weight is 596 g/mol. The number of carbonyl (C=O) groups is 1. The predicted octanol–water partition coefficient (Wildman–Crippen LogP) is 5.97. The first-order valence-electron chi connectivity index (χ1n) is 13.1. The lowest BCUT2D eigenvalue weighted by atomic mass is 9.81. The maximum absolute atomic E-state index is 13.9. The van der Waals surface area contributed by atoms with E-state index < -0.39 is 46.5 Å². The topological polar surface area (TPSA) is 76.9 Å². The van der Waals surface area contributed by atoms with Crippen molar-refractivity contribution in [2.24, 2.45) is 0 Å². The number of hydrogen-bond acceptors (Lipinski definition) is 5. The number of benzene rings is 2. The summed E-state index contributed by atoms with van der Waals surface area (Å²) in [6, 6.07) is 9.75. The smallest absolute Gasteiger partial charge is 0.394 e. The Bertz CT molecular complexity index is 1440. The molecule has 2 aromatic carbocycles. The van der Waals surface area contributed by atoms with Crippen molar-refractivity contribution in [3.8, 4) is 11.1 Å². The summed E-state index contributed by atoms with van der Waals surface area (Å²) in [4.78, 5) is 21.3. The molecule has 0 aliphatic carbocycles. The maximum atomic E-state index is 13.9. The van der Waals surface area contributed by atoms with Crippen molar-refractivity contribution >= 4 is 17.4 Å². The van der Waals surface area contributed by atoms with Crippen LogP contribution in [0.1, 0.15) is 42.5 Å². The molecule has 42 heavy (non-hydrogen) atoms. The predicted molar refractivity (Wildman–Crippen MR) is 146 cm³/mol. The summed E-state index contributed by atoms with van der Waals surface area (Å²) < 4.78 is 81.4. The van der Waals surface area contributed by atoms with Gasteiger partial charge in [-0.2, -0.15) is 26.3 Å². The van der Waals surface area contributed by atoms with Gasteiger partial charge >= 0.3 is 12.4 Å². The summed E-state index contributed by atoms with van der Waals surface area (Å²) in [6.45, 7) is 4.40. The standard InChI is InChI=1S/C30H31F6N3O3/c1-17-7-5-6-8-23(17)24-13-26(39-15-22(41)12-21(39)16-40)37-14-25(24)38(4)27(42)28(2,3)18-9-19(29(31,32)33)11-20(10-18)30(34,35)36/h5-11,13-14,21-22,40-41H,12,15-16H2,1-4H3. The van der Waals surface area contributed by atoms with Crippen LogP contribution in [0.5, 0.6) is 0 Å². The zero-order chi connectivity index (χ0) is 31.2. The van der Waals surface area contributed by atoms with E-state index in [2.05, 4.69) is 4.98 Å². The minimum atomic E-state index is -5.06. The molecule has 2 atom stereocenters. The Morgan fingerprint density at radius 2 is 1.55 bits per heavy atom. The minimum absolute atomic E-state index is 0.0294. The fourth-order valence-electron chi connectivity index (χ4n) is 5.27. The third-order valence-electron chi connectivity index (χ3n) is 7.71. The minimum Gasteiger partial charge on any atom is -0.394 e. The van der Waals surface area contributed by atoms with Crippen LogP contribution in [0.4, 0.5) is 37.8 Å². The second-order valence-corrected chi connectivity index (χ2v) is 11.0. The normalized spacial score (nSPS) is 18.0. The van der Waals surface area contributed by atoms with Gasteiger partial charge in [0, 0.05) is 19.2 Å². The van der Waals surface area contributed by atoms with E-state index in [9.17, 15) is 41.4 Å². The van der Waals surface area contributed by atoms with Crippen LogP contribution >= 0.6 is 0 Å². The van der Waals surface area contributed by atoms with Crippen molar-refractivity contribution in [1.82, 2.24) is 4.98 Å². The molecule has 0 spiro atoms. The van der Waals surface area contributed by atoms with Gasteiger partial charge in [-0.15, -0.1) is 0 Å². The van der Waals surface area contributed by atoms with Gasteiger partial charge in [-0.1, -0.05) is 24.3 Å². The van der Waals surface area contributed by atoms with Crippen LogP contribution in [0.3, 0.4) is 0 Å². The summed E-state index contributed by atoms with van der Waals surface area (Å²) in [5.41, 5.74) is -2.91. The molecule has 1 fully saturated rings. The molecular weight excluding hydrogens is 564 g/mol. The van der Waals surface area contributed by atoms with Gasteiger partial charge in [-0.25, -0.2) is 4.98 Å². The van der Waals surface area contributed by atoms with Crippen molar-refractivity contribution in [2.45, 2.75) is 57.1 Å². The number of aliphatic hydroxyl groups is 2. The number of β-amino-alcohol motifs (C(OH)–C–C–N with tert-alkyl or cyclic N) is 1. The summed E-state index contributed by atoms with van der Waals surface area (Å²) in [6.07, 6.45) is -9.06. The third kappa shape index (κ3) is 6.10. The Morgan fingerprint density at radius 1 is 0.976 bits per heavy atom. The Balaban J connectivity index is 1.82. The monoisotopic (exact) mass is 595 g/mol. The number of carbonyl (C=O) groups excluding carboxylic acids is 1. The largest absolute Gasteiger partial charge is 0.416 e. The Morgan fingerprint density at radius 3 is 2.10 bits per heavy atom. The fourth-order valence-corrected chi connectivity index (χ4v) is 5.27. The number of alkyl halides is 6. The molecule has 3 aromatic rings. The lowest BCUT2D eigenvalue weighted by Gasteiger charge is -2.32. The lowest BCUT2D eigenvalue weighted by Crippen LogP contribution is -2.42. The highest BCUT2D eigenvalue weighted by Crippen LogP contribution is 2.41. The van der Waals surface area contributed by atoms with Crippen LogP contribution in [-0.2, 0) is 22.6 Å². The number of rotatable bonds is 6. The molecule has 0 saturated carbocycles. The number of aromatic nitrogens is 1. The van der Waals surface area contributed by atoms with E-state index in [1.54, 1.807) is 17.0 Å². The Hall–Kier alpha value is -3.64. The highest BCUT2D eigenvalue weighted by Gasteiger charge is 2.41. The molecule has 6 nitrogen and oxygen atoms in total.